The number of anilines is 1. The Morgan fingerprint density at radius 1 is 1.50 bits per heavy atom. The SMILES string of the molecule is CC(C)(CNC(=O)c1nc(N)n[nH]1)NS(C)(=O)=O. The lowest BCUT2D eigenvalue weighted by Gasteiger charge is -2.24. The van der Waals surface area contributed by atoms with Gasteiger partial charge in [-0.1, -0.05) is 0 Å². The Morgan fingerprint density at radius 3 is 2.56 bits per heavy atom. The molecule has 0 saturated carbocycles. The maximum absolute atomic E-state index is 11.6. The predicted molar refractivity (Wildman–Crippen MR) is 65.2 cm³/mol. The van der Waals surface area contributed by atoms with Crippen LogP contribution < -0.4 is 15.8 Å². The van der Waals surface area contributed by atoms with E-state index >= 15 is 0 Å². The van der Waals surface area contributed by atoms with Crippen molar-refractivity contribution in [3.05, 3.63) is 5.82 Å². The van der Waals surface area contributed by atoms with Crippen LogP contribution in [0.4, 0.5) is 5.95 Å². The summed E-state index contributed by atoms with van der Waals surface area (Å²) in [6.45, 7) is 3.38. The topological polar surface area (TPSA) is 143 Å². The van der Waals surface area contributed by atoms with Crippen molar-refractivity contribution in [1.29, 1.82) is 0 Å². The van der Waals surface area contributed by atoms with Gasteiger partial charge in [-0.25, -0.2) is 13.1 Å². The van der Waals surface area contributed by atoms with E-state index in [1.54, 1.807) is 13.8 Å². The van der Waals surface area contributed by atoms with Crippen LogP contribution in [0.15, 0.2) is 0 Å². The third-order valence-electron chi connectivity index (χ3n) is 1.87. The van der Waals surface area contributed by atoms with Gasteiger partial charge in [0, 0.05) is 12.1 Å². The first-order valence-electron chi connectivity index (χ1n) is 5.04. The Morgan fingerprint density at radius 2 is 2.11 bits per heavy atom. The van der Waals surface area contributed by atoms with Gasteiger partial charge in [0.2, 0.25) is 21.8 Å². The highest BCUT2D eigenvalue weighted by Crippen LogP contribution is 2.02. The molecule has 0 aliphatic rings. The Labute approximate surface area is 105 Å². The number of nitrogens with one attached hydrogen (secondary N) is 3. The second kappa shape index (κ2) is 4.90. The number of aromatic amines is 1. The second-order valence-electron chi connectivity index (χ2n) is 4.48. The summed E-state index contributed by atoms with van der Waals surface area (Å²) in [6, 6.07) is 0. The zero-order valence-electron chi connectivity index (χ0n) is 10.3. The van der Waals surface area contributed by atoms with Crippen LogP contribution in [0.3, 0.4) is 0 Å². The fourth-order valence-corrected chi connectivity index (χ4v) is 2.38. The van der Waals surface area contributed by atoms with Crippen molar-refractivity contribution in [3.63, 3.8) is 0 Å². The molecule has 1 aromatic heterocycles. The van der Waals surface area contributed by atoms with E-state index in [1.807, 2.05) is 0 Å². The number of nitrogens with zero attached hydrogens (tertiary/aromatic N) is 2. The molecule has 10 heteroatoms. The van der Waals surface area contributed by atoms with Gasteiger partial charge in [0.05, 0.1) is 6.26 Å². The van der Waals surface area contributed by atoms with Crippen LogP contribution in [-0.4, -0.2) is 47.8 Å². The summed E-state index contributed by atoms with van der Waals surface area (Å²) in [5.41, 5.74) is 4.45. The van der Waals surface area contributed by atoms with Crippen molar-refractivity contribution in [2.24, 2.45) is 0 Å². The molecule has 1 amide bonds. The molecule has 0 atom stereocenters. The molecule has 5 N–H and O–H groups in total. The van der Waals surface area contributed by atoms with Gasteiger partial charge in [-0.05, 0) is 13.8 Å². The molecule has 1 aromatic rings. The number of hydrogen-bond donors (Lipinski definition) is 4. The van der Waals surface area contributed by atoms with Crippen LogP contribution in [0.1, 0.15) is 24.5 Å². The zero-order chi connectivity index (χ0) is 14.0. The molecule has 0 spiro atoms. The molecule has 18 heavy (non-hydrogen) atoms. The molecule has 0 unspecified atom stereocenters. The predicted octanol–water partition coefficient (Wildman–Crippen LogP) is -1.56. The number of nitrogens with two attached hydrogens (primary N) is 1. The van der Waals surface area contributed by atoms with Crippen LogP contribution >= 0.6 is 0 Å². The zero-order valence-corrected chi connectivity index (χ0v) is 11.1. The summed E-state index contributed by atoms with van der Waals surface area (Å²) in [7, 11) is -3.35. The molecule has 0 aromatic carbocycles. The third kappa shape index (κ3) is 4.67. The van der Waals surface area contributed by atoms with E-state index in [2.05, 4.69) is 25.2 Å². The van der Waals surface area contributed by atoms with Crippen molar-refractivity contribution in [1.82, 2.24) is 25.2 Å². The number of hydrogen-bond acceptors (Lipinski definition) is 6. The van der Waals surface area contributed by atoms with Crippen molar-refractivity contribution in [3.8, 4) is 0 Å². The second-order valence-corrected chi connectivity index (χ2v) is 6.23. The minimum Gasteiger partial charge on any atom is -0.366 e. The number of nitrogen functional groups attached to an aromatic ring is 1. The fourth-order valence-electron chi connectivity index (χ4n) is 1.30. The smallest absolute Gasteiger partial charge is 0.288 e. The van der Waals surface area contributed by atoms with Crippen LogP contribution in [0.25, 0.3) is 0 Å². The molecule has 0 bridgehead atoms. The number of aromatic nitrogens is 3. The summed E-state index contributed by atoms with van der Waals surface area (Å²) >= 11 is 0. The first kappa shape index (κ1) is 14.4. The average Bonchev–Trinajstić information content (AvgIpc) is 2.57. The molecule has 0 saturated heterocycles. The van der Waals surface area contributed by atoms with Crippen molar-refractivity contribution in [2.75, 3.05) is 18.5 Å². The Bertz CT molecular complexity index is 535. The summed E-state index contributed by atoms with van der Waals surface area (Å²) < 4.78 is 24.6. The van der Waals surface area contributed by atoms with E-state index in [0.717, 1.165) is 6.26 Å². The van der Waals surface area contributed by atoms with Gasteiger partial charge < -0.3 is 11.1 Å². The van der Waals surface area contributed by atoms with Gasteiger partial charge in [0.1, 0.15) is 0 Å². The van der Waals surface area contributed by atoms with Crippen LogP contribution in [0.5, 0.6) is 0 Å². The van der Waals surface area contributed by atoms with E-state index in [4.69, 9.17) is 5.73 Å². The van der Waals surface area contributed by atoms with E-state index in [0.29, 0.717) is 0 Å². The lowest BCUT2D eigenvalue weighted by molar-refractivity contribution is 0.0934. The van der Waals surface area contributed by atoms with Crippen LogP contribution in [0, 0.1) is 0 Å². The molecule has 0 radical (unpaired) electrons. The maximum Gasteiger partial charge on any atom is 0.288 e. The van der Waals surface area contributed by atoms with Crippen molar-refractivity contribution >= 4 is 21.9 Å². The Kier molecular flexibility index (Phi) is 3.92. The minimum absolute atomic E-state index is 0.0253. The highest BCUT2D eigenvalue weighted by Gasteiger charge is 2.23. The molecule has 102 valence electrons. The molecule has 0 fully saturated rings. The normalized spacial score (nSPS) is 12.4. The lowest BCUT2D eigenvalue weighted by Crippen LogP contribution is -2.51. The van der Waals surface area contributed by atoms with Gasteiger partial charge in [-0.15, -0.1) is 5.10 Å². The summed E-state index contributed by atoms with van der Waals surface area (Å²) in [5.74, 6) is -0.570. The third-order valence-corrected chi connectivity index (χ3v) is 2.79. The largest absolute Gasteiger partial charge is 0.366 e. The monoisotopic (exact) mass is 276 g/mol. The van der Waals surface area contributed by atoms with Gasteiger partial charge in [0.25, 0.3) is 5.91 Å². The molecular formula is C8H16N6O3S. The number of sulfonamides is 1. The van der Waals surface area contributed by atoms with Gasteiger partial charge in [-0.3, -0.25) is 9.89 Å². The number of H-pyrrole nitrogens is 1. The molecular weight excluding hydrogens is 260 g/mol. The quantitative estimate of drug-likeness (QED) is 0.512. The first-order valence-corrected chi connectivity index (χ1v) is 6.93. The molecule has 1 rings (SSSR count). The summed E-state index contributed by atoms with van der Waals surface area (Å²) in [5, 5.41) is 8.38. The fraction of sp³-hybridized carbons (Fsp3) is 0.625. The lowest BCUT2D eigenvalue weighted by atomic mass is 10.1. The number of amides is 1. The van der Waals surface area contributed by atoms with E-state index in [9.17, 15) is 13.2 Å². The average molecular weight is 276 g/mol. The Hall–Kier alpha value is -1.68. The molecule has 0 aliphatic heterocycles. The number of carbonyl (C=O) groups is 1. The molecule has 0 aliphatic carbocycles. The van der Waals surface area contributed by atoms with Gasteiger partial charge in [-0.2, -0.15) is 4.98 Å². The van der Waals surface area contributed by atoms with Crippen LogP contribution in [-0.2, 0) is 10.0 Å². The highest BCUT2D eigenvalue weighted by atomic mass is 32.2. The summed E-state index contributed by atoms with van der Waals surface area (Å²) in [6.07, 6.45) is 1.05. The number of rotatable bonds is 5. The van der Waals surface area contributed by atoms with E-state index in [-0.39, 0.29) is 18.3 Å². The van der Waals surface area contributed by atoms with E-state index in [1.165, 1.54) is 0 Å². The standard InChI is InChI=1S/C8H16N6O3S/c1-8(2,14-18(3,16)17)4-10-6(15)5-11-7(9)13-12-5/h14H,4H2,1-3H3,(H,10,15)(H3,9,11,12,13). The van der Waals surface area contributed by atoms with Crippen molar-refractivity contribution in [2.45, 2.75) is 19.4 Å². The number of carbonyl (C=O) groups excluding carboxylic acids is 1. The maximum atomic E-state index is 11.6. The Balaban J connectivity index is 2.57. The minimum atomic E-state index is -3.35. The van der Waals surface area contributed by atoms with E-state index < -0.39 is 21.5 Å². The first-order chi connectivity index (χ1) is 8.09. The molecule has 9 nitrogen and oxygen atoms in total. The highest BCUT2D eigenvalue weighted by molar-refractivity contribution is 7.88. The molecule has 1 heterocycles. The summed E-state index contributed by atoms with van der Waals surface area (Å²) in [4.78, 5) is 15.2. The van der Waals surface area contributed by atoms with Crippen LogP contribution in [0.2, 0.25) is 0 Å². The van der Waals surface area contributed by atoms with Gasteiger partial charge >= 0.3 is 0 Å². The van der Waals surface area contributed by atoms with Gasteiger partial charge in [0.15, 0.2) is 0 Å². The van der Waals surface area contributed by atoms with Crippen molar-refractivity contribution < 1.29 is 13.2 Å².